The van der Waals surface area contributed by atoms with E-state index in [1.165, 1.54) is 4.88 Å². The highest BCUT2D eigenvalue weighted by Gasteiger charge is 2.25. The molecule has 8 heteroatoms. The number of nitrogens with one attached hydrogen (secondary N) is 1. The van der Waals surface area contributed by atoms with Crippen LogP contribution in [0.25, 0.3) is 0 Å². The number of benzene rings is 3. The van der Waals surface area contributed by atoms with Crippen LogP contribution in [0.4, 0.5) is 10.7 Å². The molecule has 3 aromatic carbocycles. The van der Waals surface area contributed by atoms with E-state index in [1.807, 2.05) is 60.8 Å². The largest absolute Gasteiger partial charge is 0.487 e. The Bertz CT molecular complexity index is 1470. The minimum Gasteiger partial charge on any atom is -0.487 e. The van der Waals surface area contributed by atoms with E-state index in [-0.39, 0.29) is 5.91 Å². The second-order valence-corrected chi connectivity index (χ2v) is 12.6. The summed E-state index contributed by atoms with van der Waals surface area (Å²) in [5, 5.41) is 4.49. The standard InChI is InChI=1S/C29H23ClI2N2O2S/c30-20-8-6-7-18(13-20)17-36-27-19(14-21(31)15-24(27)32)16-33-29-26(23-11-4-5-12-25(23)37-29)28(35)34-22-9-2-1-3-10-22/h1-3,6-10,13-16H,4-5,11-12,17H2,(H,34,35). The van der Waals surface area contributed by atoms with Crippen molar-refractivity contribution in [3.63, 3.8) is 0 Å². The Morgan fingerprint density at radius 1 is 1.05 bits per heavy atom. The van der Waals surface area contributed by atoms with Crippen molar-refractivity contribution in [1.82, 2.24) is 0 Å². The molecule has 0 radical (unpaired) electrons. The third-order valence-electron chi connectivity index (χ3n) is 6.04. The van der Waals surface area contributed by atoms with Gasteiger partial charge < -0.3 is 10.1 Å². The maximum atomic E-state index is 13.4. The number of nitrogens with zero attached hydrogens (tertiary/aromatic N) is 1. The number of hydrogen-bond donors (Lipinski definition) is 1. The summed E-state index contributed by atoms with van der Waals surface area (Å²) in [5.74, 6) is 0.661. The molecule has 1 N–H and O–H groups in total. The Hall–Kier alpha value is -1.95. The van der Waals surface area contributed by atoms with E-state index in [0.717, 1.165) is 66.0 Å². The van der Waals surface area contributed by atoms with Gasteiger partial charge in [-0.25, -0.2) is 4.99 Å². The normalized spacial score (nSPS) is 12.9. The van der Waals surface area contributed by atoms with Crippen molar-refractivity contribution in [1.29, 1.82) is 0 Å². The molecule has 0 bridgehead atoms. The molecule has 0 saturated carbocycles. The zero-order valence-corrected chi connectivity index (χ0v) is 25.7. The molecule has 5 rings (SSSR count). The second kappa shape index (κ2) is 12.3. The van der Waals surface area contributed by atoms with Crippen LogP contribution in [0.2, 0.25) is 5.02 Å². The van der Waals surface area contributed by atoms with Gasteiger partial charge in [0.1, 0.15) is 17.4 Å². The highest BCUT2D eigenvalue weighted by atomic mass is 127. The molecule has 0 aliphatic heterocycles. The summed E-state index contributed by atoms with van der Waals surface area (Å²) in [6, 6.07) is 21.4. The number of carbonyl (C=O) groups is 1. The van der Waals surface area contributed by atoms with Crippen molar-refractivity contribution < 1.29 is 9.53 Å². The lowest BCUT2D eigenvalue weighted by molar-refractivity contribution is 0.102. The minimum atomic E-state index is -0.104. The second-order valence-electron chi connectivity index (χ2n) is 8.69. The smallest absolute Gasteiger partial charge is 0.259 e. The number of ether oxygens (including phenoxy) is 1. The first-order valence-electron chi connectivity index (χ1n) is 11.9. The van der Waals surface area contributed by atoms with Crippen LogP contribution in [0.1, 0.15) is 44.8 Å². The Morgan fingerprint density at radius 2 is 1.86 bits per heavy atom. The summed E-state index contributed by atoms with van der Waals surface area (Å²) in [7, 11) is 0. The summed E-state index contributed by atoms with van der Waals surface area (Å²) in [4.78, 5) is 19.6. The quantitative estimate of drug-likeness (QED) is 0.151. The zero-order valence-electron chi connectivity index (χ0n) is 19.8. The number of anilines is 1. The molecule has 1 amide bonds. The fourth-order valence-corrected chi connectivity index (χ4v) is 7.82. The Balaban J connectivity index is 1.47. The number of aliphatic imine (C=N–C) groups is 1. The van der Waals surface area contributed by atoms with Gasteiger partial charge in [-0.2, -0.15) is 0 Å². The topological polar surface area (TPSA) is 50.7 Å². The zero-order chi connectivity index (χ0) is 25.8. The van der Waals surface area contributed by atoms with E-state index in [9.17, 15) is 4.79 Å². The van der Waals surface area contributed by atoms with E-state index in [4.69, 9.17) is 21.3 Å². The van der Waals surface area contributed by atoms with Crippen LogP contribution in [-0.2, 0) is 19.4 Å². The van der Waals surface area contributed by atoms with Gasteiger partial charge in [-0.15, -0.1) is 11.3 Å². The molecular weight excluding hydrogens is 730 g/mol. The van der Waals surface area contributed by atoms with Crippen LogP contribution in [0.5, 0.6) is 5.75 Å². The van der Waals surface area contributed by atoms with E-state index < -0.39 is 0 Å². The fourth-order valence-electron chi connectivity index (χ4n) is 4.33. The lowest BCUT2D eigenvalue weighted by atomic mass is 9.95. The number of halogens is 3. The van der Waals surface area contributed by atoms with Crippen molar-refractivity contribution in [3.8, 4) is 5.75 Å². The predicted octanol–water partition coefficient (Wildman–Crippen LogP) is 9.07. The number of carbonyl (C=O) groups excluding carboxylic acids is 1. The molecule has 0 spiro atoms. The fraction of sp³-hybridized carbons (Fsp3) is 0.172. The lowest BCUT2D eigenvalue weighted by Crippen LogP contribution is -2.14. The van der Waals surface area contributed by atoms with Crippen LogP contribution < -0.4 is 10.1 Å². The number of amides is 1. The van der Waals surface area contributed by atoms with Crippen molar-refractivity contribution >= 4 is 90.9 Å². The first kappa shape index (κ1) is 26.6. The molecule has 188 valence electrons. The van der Waals surface area contributed by atoms with Gasteiger partial charge in [-0.1, -0.05) is 41.9 Å². The summed E-state index contributed by atoms with van der Waals surface area (Å²) >= 11 is 12.4. The molecule has 1 aromatic heterocycles. The average molecular weight is 753 g/mol. The van der Waals surface area contributed by atoms with E-state index in [1.54, 1.807) is 11.3 Å². The van der Waals surface area contributed by atoms with Crippen LogP contribution in [0.15, 0.2) is 71.7 Å². The Morgan fingerprint density at radius 3 is 2.68 bits per heavy atom. The van der Waals surface area contributed by atoms with Gasteiger partial charge in [0.2, 0.25) is 0 Å². The highest BCUT2D eigenvalue weighted by Crippen LogP contribution is 2.40. The Kier molecular flexibility index (Phi) is 8.84. The van der Waals surface area contributed by atoms with Gasteiger partial charge in [0, 0.05) is 30.9 Å². The monoisotopic (exact) mass is 752 g/mol. The maximum Gasteiger partial charge on any atom is 0.259 e. The molecular formula is C29H23ClI2N2O2S. The van der Waals surface area contributed by atoms with Crippen LogP contribution in [0, 0.1) is 7.14 Å². The summed E-state index contributed by atoms with van der Waals surface area (Å²) < 4.78 is 8.34. The van der Waals surface area contributed by atoms with Crippen molar-refractivity contribution in [3.05, 3.63) is 106 Å². The molecule has 0 fully saturated rings. The Labute approximate surface area is 252 Å². The molecule has 0 unspecified atom stereocenters. The summed E-state index contributed by atoms with van der Waals surface area (Å²) in [6.07, 6.45) is 5.97. The molecule has 0 atom stereocenters. The van der Waals surface area contributed by atoms with Gasteiger partial charge in [0.15, 0.2) is 0 Å². The van der Waals surface area contributed by atoms with Crippen molar-refractivity contribution in [2.24, 2.45) is 4.99 Å². The number of fused-ring (bicyclic) bond motifs is 1. The molecule has 4 nitrogen and oxygen atoms in total. The molecule has 1 aliphatic carbocycles. The third-order valence-corrected chi connectivity index (χ3v) is 8.90. The van der Waals surface area contributed by atoms with Gasteiger partial charge in [0.05, 0.1) is 9.13 Å². The number of thiophene rings is 1. The first-order valence-corrected chi connectivity index (χ1v) is 15.2. The first-order chi connectivity index (χ1) is 18.0. The molecule has 1 aliphatic rings. The molecule has 1 heterocycles. The van der Waals surface area contributed by atoms with Crippen LogP contribution in [-0.4, -0.2) is 12.1 Å². The van der Waals surface area contributed by atoms with E-state index >= 15 is 0 Å². The molecule has 37 heavy (non-hydrogen) atoms. The van der Waals surface area contributed by atoms with E-state index in [0.29, 0.717) is 17.2 Å². The van der Waals surface area contributed by atoms with Crippen LogP contribution >= 0.6 is 68.1 Å². The van der Waals surface area contributed by atoms with Crippen molar-refractivity contribution in [2.45, 2.75) is 32.3 Å². The summed E-state index contributed by atoms with van der Waals surface area (Å²) in [6.45, 7) is 0.399. The van der Waals surface area contributed by atoms with E-state index in [2.05, 4.69) is 62.6 Å². The van der Waals surface area contributed by atoms with Gasteiger partial charge in [-0.05, 0) is 118 Å². The maximum absolute atomic E-state index is 13.4. The van der Waals surface area contributed by atoms with Crippen molar-refractivity contribution in [2.75, 3.05) is 5.32 Å². The number of para-hydroxylation sites is 1. The SMILES string of the molecule is O=C(Nc1ccccc1)c1c(N=Cc2cc(I)cc(I)c2OCc2cccc(Cl)c2)sc2c1CCCC2. The van der Waals surface area contributed by atoms with Crippen LogP contribution in [0.3, 0.4) is 0 Å². The van der Waals surface area contributed by atoms with Gasteiger partial charge >= 0.3 is 0 Å². The third kappa shape index (κ3) is 6.55. The number of aryl methyl sites for hydroxylation is 1. The molecule has 0 saturated heterocycles. The average Bonchev–Trinajstić information content (AvgIpc) is 3.26. The predicted molar refractivity (Wildman–Crippen MR) is 170 cm³/mol. The summed E-state index contributed by atoms with van der Waals surface area (Å²) in [5.41, 5.74) is 4.49. The highest BCUT2D eigenvalue weighted by molar-refractivity contribution is 14.1. The van der Waals surface area contributed by atoms with Gasteiger partial charge in [0.25, 0.3) is 5.91 Å². The lowest BCUT2D eigenvalue weighted by Gasteiger charge is -2.13. The number of rotatable bonds is 7. The van der Waals surface area contributed by atoms with Gasteiger partial charge in [-0.3, -0.25) is 4.79 Å². The molecule has 4 aromatic rings. The number of hydrogen-bond acceptors (Lipinski definition) is 4. The minimum absolute atomic E-state index is 0.104.